The molecule has 2 N–H and O–H groups in total. The molecule has 1 aliphatic heterocycles. The van der Waals surface area contributed by atoms with E-state index in [1.807, 2.05) is 0 Å². The van der Waals surface area contributed by atoms with Gasteiger partial charge in [-0.15, -0.1) is 9.24 Å². The second kappa shape index (κ2) is 6.20. The van der Waals surface area contributed by atoms with Crippen molar-refractivity contribution in [1.29, 1.82) is 0 Å². The van der Waals surface area contributed by atoms with Crippen LogP contribution >= 0.6 is 9.24 Å². The second-order valence-corrected chi connectivity index (χ2v) is 4.24. The maximum atomic E-state index is 11.4. The summed E-state index contributed by atoms with van der Waals surface area (Å²) < 4.78 is 0. The van der Waals surface area contributed by atoms with Crippen LogP contribution in [0.15, 0.2) is 0 Å². The summed E-state index contributed by atoms with van der Waals surface area (Å²) in [4.78, 5) is 17.5. The van der Waals surface area contributed by atoms with E-state index < -0.39 is 0 Å². The van der Waals surface area contributed by atoms with E-state index in [9.17, 15) is 4.79 Å². The molecule has 1 rings (SSSR count). The lowest BCUT2D eigenvalue weighted by atomic mass is 10.1. The zero-order valence-corrected chi connectivity index (χ0v) is 9.60. The minimum absolute atomic E-state index is 0.311. The van der Waals surface area contributed by atoms with E-state index in [0.717, 1.165) is 32.0 Å². The molecule has 1 heterocycles. The van der Waals surface area contributed by atoms with Crippen LogP contribution in [0.2, 0.25) is 0 Å². The lowest BCUT2D eigenvalue weighted by Gasteiger charge is -2.27. The minimum atomic E-state index is -0.379. The summed E-state index contributed by atoms with van der Waals surface area (Å²) >= 11 is 0. The Hall–Kier alpha value is -0.340. The Morgan fingerprint density at radius 1 is 1.50 bits per heavy atom. The average molecular weight is 218 g/mol. The van der Waals surface area contributed by atoms with Crippen LogP contribution in [0.3, 0.4) is 0 Å². The lowest BCUT2D eigenvalue weighted by molar-refractivity contribution is 0.0864. The van der Waals surface area contributed by atoms with Gasteiger partial charge in [-0.05, 0) is 25.4 Å². The maximum Gasteiger partial charge on any atom is 0.428 e. The number of likely N-dealkylation sites (tertiary alicyclic amines) is 1. The van der Waals surface area contributed by atoms with Crippen molar-refractivity contribution in [2.45, 2.75) is 38.1 Å². The van der Waals surface area contributed by atoms with Crippen LogP contribution in [0, 0.1) is 0 Å². The van der Waals surface area contributed by atoms with Crippen LogP contribution in [0.5, 0.6) is 0 Å². The number of hydrogen-bond donors (Lipinski definition) is 1. The summed E-state index contributed by atoms with van der Waals surface area (Å²) in [5, 5.41) is 0. The molecule has 1 unspecified atom stereocenters. The largest absolute Gasteiger partial charge is 0.428 e. The average Bonchev–Trinajstić information content (AvgIpc) is 2.43. The van der Waals surface area contributed by atoms with Crippen molar-refractivity contribution in [2.24, 2.45) is 5.90 Å². The van der Waals surface area contributed by atoms with Crippen molar-refractivity contribution < 1.29 is 9.63 Å². The van der Waals surface area contributed by atoms with E-state index in [-0.39, 0.29) is 6.09 Å². The molecular formula is C9H19N2O2P. The molecule has 4 nitrogen and oxygen atoms in total. The monoisotopic (exact) mass is 218 g/mol. The highest BCUT2D eigenvalue weighted by molar-refractivity contribution is 7.16. The Labute approximate surface area is 87.3 Å². The number of nitrogens with zero attached hydrogens (tertiary/aromatic N) is 1. The molecule has 0 radical (unpaired) electrons. The summed E-state index contributed by atoms with van der Waals surface area (Å²) in [7, 11) is 2.70. The normalized spacial score (nSPS) is 23.0. The molecule has 0 aromatic heterocycles. The van der Waals surface area contributed by atoms with Crippen LogP contribution < -0.4 is 5.90 Å². The number of hydrogen-bond acceptors (Lipinski definition) is 3. The molecule has 0 aromatic rings. The maximum absolute atomic E-state index is 11.4. The van der Waals surface area contributed by atoms with E-state index in [1.165, 1.54) is 12.8 Å². The van der Waals surface area contributed by atoms with Gasteiger partial charge in [-0.1, -0.05) is 12.8 Å². The second-order valence-electron chi connectivity index (χ2n) is 3.66. The topological polar surface area (TPSA) is 55.6 Å². The molecular weight excluding hydrogens is 199 g/mol. The van der Waals surface area contributed by atoms with Crippen molar-refractivity contribution in [3.63, 3.8) is 0 Å². The smallest absolute Gasteiger partial charge is 0.357 e. The van der Waals surface area contributed by atoms with Crippen LogP contribution in [0.1, 0.15) is 32.1 Å². The van der Waals surface area contributed by atoms with Gasteiger partial charge in [0, 0.05) is 12.6 Å². The molecule has 1 saturated heterocycles. The zero-order chi connectivity index (χ0) is 10.4. The molecule has 1 fully saturated rings. The highest BCUT2D eigenvalue weighted by Gasteiger charge is 2.25. The van der Waals surface area contributed by atoms with Gasteiger partial charge in [-0.2, -0.15) is 5.90 Å². The van der Waals surface area contributed by atoms with Gasteiger partial charge in [0.15, 0.2) is 0 Å². The molecule has 1 aliphatic rings. The van der Waals surface area contributed by atoms with E-state index in [0.29, 0.717) is 6.04 Å². The molecule has 1 amide bonds. The Morgan fingerprint density at radius 3 is 2.93 bits per heavy atom. The fourth-order valence-corrected chi connectivity index (χ4v) is 2.36. The van der Waals surface area contributed by atoms with Gasteiger partial charge >= 0.3 is 6.09 Å². The molecule has 0 bridgehead atoms. The van der Waals surface area contributed by atoms with Crippen molar-refractivity contribution in [3.05, 3.63) is 0 Å². The Bertz CT molecular complexity index is 190. The zero-order valence-electron chi connectivity index (χ0n) is 8.45. The van der Waals surface area contributed by atoms with Crippen molar-refractivity contribution in [1.82, 2.24) is 4.90 Å². The molecule has 0 aliphatic carbocycles. The van der Waals surface area contributed by atoms with Gasteiger partial charge in [0.25, 0.3) is 0 Å². The number of carbonyl (C=O) groups is 1. The Morgan fingerprint density at radius 2 is 2.29 bits per heavy atom. The fourth-order valence-electron chi connectivity index (χ4n) is 1.98. The Kier molecular flexibility index (Phi) is 5.20. The Balaban J connectivity index is 2.58. The van der Waals surface area contributed by atoms with Crippen LogP contribution in [-0.2, 0) is 4.84 Å². The van der Waals surface area contributed by atoms with E-state index >= 15 is 0 Å². The van der Waals surface area contributed by atoms with Gasteiger partial charge in [0.1, 0.15) is 0 Å². The predicted octanol–water partition coefficient (Wildman–Crippen LogP) is 1.51. The fraction of sp³-hybridized carbons (Fsp3) is 0.889. The summed E-state index contributed by atoms with van der Waals surface area (Å²) in [5.74, 6) is 4.92. The molecule has 0 saturated carbocycles. The third-order valence-electron chi connectivity index (χ3n) is 2.71. The van der Waals surface area contributed by atoms with Crippen molar-refractivity contribution >= 4 is 15.3 Å². The molecule has 2 atom stereocenters. The van der Waals surface area contributed by atoms with Gasteiger partial charge in [0.2, 0.25) is 0 Å². The van der Waals surface area contributed by atoms with E-state index in [1.54, 1.807) is 4.90 Å². The van der Waals surface area contributed by atoms with Crippen LogP contribution in [0.4, 0.5) is 4.79 Å². The molecule has 5 heteroatoms. The number of carbonyl (C=O) groups excluding carboxylic acids is 1. The minimum Gasteiger partial charge on any atom is -0.357 e. The van der Waals surface area contributed by atoms with Gasteiger partial charge in [-0.25, -0.2) is 4.79 Å². The summed E-state index contributed by atoms with van der Waals surface area (Å²) in [6.07, 6.45) is 6.17. The van der Waals surface area contributed by atoms with Gasteiger partial charge < -0.3 is 9.74 Å². The summed E-state index contributed by atoms with van der Waals surface area (Å²) in [5.41, 5.74) is 0. The molecule has 0 aromatic carbocycles. The van der Waals surface area contributed by atoms with Crippen molar-refractivity contribution in [2.75, 3.05) is 12.7 Å². The SMILES string of the molecule is NOC(=O)N1CCCCC[C@@H]1CCP. The lowest BCUT2D eigenvalue weighted by Crippen LogP contribution is -2.41. The first kappa shape index (κ1) is 11.7. The quantitative estimate of drug-likeness (QED) is 0.564. The van der Waals surface area contributed by atoms with Gasteiger partial charge in [-0.3, -0.25) is 0 Å². The first-order valence-corrected chi connectivity index (χ1v) is 5.98. The highest BCUT2D eigenvalue weighted by Crippen LogP contribution is 2.20. The first-order valence-electron chi connectivity index (χ1n) is 5.17. The summed E-state index contributed by atoms with van der Waals surface area (Å²) in [6, 6.07) is 0.311. The highest BCUT2D eigenvalue weighted by atomic mass is 31.0. The van der Waals surface area contributed by atoms with Crippen LogP contribution in [0.25, 0.3) is 0 Å². The number of nitrogens with two attached hydrogens (primary N) is 1. The molecule has 0 spiro atoms. The third kappa shape index (κ3) is 3.10. The number of rotatable bonds is 2. The van der Waals surface area contributed by atoms with Crippen molar-refractivity contribution in [3.8, 4) is 0 Å². The molecule has 82 valence electrons. The van der Waals surface area contributed by atoms with E-state index in [2.05, 4.69) is 14.1 Å². The molecule has 14 heavy (non-hydrogen) atoms. The third-order valence-corrected chi connectivity index (χ3v) is 3.05. The van der Waals surface area contributed by atoms with Gasteiger partial charge in [0.05, 0.1) is 0 Å². The number of amides is 1. The first-order chi connectivity index (χ1) is 6.79. The predicted molar refractivity (Wildman–Crippen MR) is 58.8 cm³/mol. The van der Waals surface area contributed by atoms with Crippen LogP contribution in [-0.4, -0.2) is 29.7 Å². The summed E-state index contributed by atoms with van der Waals surface area (Å²) in [6.45, 7) is 0.783. The standard InChI is InChI=1S/C9H19N2O2P/c10-13-9(12)11-6-3-1-2-4-8(11)5-7-14/h8H,1-7,10,14H2/t8-/m1/s1. The van der Waals surface area contributed by atoms with E-state index in [4.69, 9.17) is 5.90 Å².